The van der Waals surface area contributed by atoms with E-state index in [-0.39, 0.29) is 12.5 Å². The lowest BCUT2D eigenvalue weighted by Crippen LogP contribution is -2.51. The van der Waals surface area contributed by atoms with Crippen molar-refractivity contribution in [2.45, 2.75) is 51.0 Å². The van der Waals surface area contributed by atoms with Gasteiger partial charge in [-0.15, -0.1) is 0 Å². The molecule has 1 amide bonds. The number of rotatable bonds is 4. The molecule has 0 aromatic heterocycles. The molecule has 19 heavy (non-hydrogen) atoms. The maximum absolute atomic E-state index is 11.8. The Balaban J connectivity index is 1.63. The maximum atomic E-state index is 11.8. The average Bonchev–Trinajstić information content (AvgIpc) is 2.33. The van der Waals surface area contributed by atoms with Gasteiger partial charge in [-0.3, -0.25) is 4.79 Å². The van der Waals surface area contributed by atoms with Crippen molar-refractivity contribution in [2.75, 3.05) is 6.54 Å². The molecule has 4 saturated carbocycles. The van der Waals surface area contributed by atoms with Gasteiger partial charge < -0.3 is 11.1 Å². The summed E-state index contributed by atoms with van der Waals surface area (Å²) in [5.41, 5.74) is 6.39. The number of nitrogens with one attached hydrogen (secondary N) is 1. The van der Waals surface area contributed by atoms with Crippen molar-refractivity contribution in [1.29, 1.82) is 5.26 Å². The summed E-state index contributed by atoms with van der Waals surface area (Å²) in [6.45, 7) is 0.0629. The van der Waals surface area contributed by atoms with Gasteiger partial charge in [0.2, 0.25) is 5.91 Å². The number of hydrogen-bond donors (Lipinski definition) is 2. The maximum Gasteiger partial charge on any atom is 0.237 e. The normalized spacial score (nSPS) is 40.7. The second kappa shape index (κ2) is 4.79. The minimum atomic E-state index is -0.440. The summed E-state index contributed by atoms with van der Waals surface area (Å²) in [4.78, 5) is 11.8. The van der Waals surface area contributed by atoms with Gasteiger partial charge in [-0.25, -0.2) is 0 Å². The average molecular weight is 261 g/mol. The first-order chi connectivity index (χ1) is 9.10. The quantitative estimate of drug-likeness (QED) is 0.754. The highest BCUT2D eigenvalue weighted by atomic mass is 16.2. The van der Waals surface area contributed by atoms with Crippen LogP contribution in [0.5, 0.6) is 0 Å². The summed E-state index contributed by atoms with van der Waals surface area (Å²) in [6.07, 6.45) is 8.88. The molecule has 104 valence electrons. The number of nitriles is 1. The van der Waals surface area contributed by atoms with Crippen molar-refractivity contribution in [3.8, 4) is 6.07 Å². The molecule has 0 aromatic carbocycles. The van der Waals surface area contributed by atoms with Gasteiger partial charge in [-0.05, 0) is 68.1 Å². The number of carbonyl (C=O) groups is 1. The van der Waals surface area contributed by atoms with Gasteiger partial charge >= 0.3 is 0 Å². The summed E-state index contributed by atoms with van der Waals surface area (Å²) in [5.74, 6) is 2.51. The summed E-state index contributed by atoms with van der Waals surface area (Å²) in [5, 5.41) is 11.1. The fourth-order valence-electron chi connectivity index (χ4n) is 5.36. The Morgan fingerprint density at radius 2 is 1.79 bits per heavy atom. The SMILES string of the molecule is N#CCNC(=O)C(N)CC12CC3CC(CC(C3)C1)C2. The Hall–Kier alpha value is -1.08. The number of nitrogens with two attached hydrogens (primary N) is 1. The molecule has 4 heteroatoms. The first-order valence-corrected chi connectivity index (χ1v) is 7.50. The van der Waals surface area contributed by atoms with Crippen LogP contribution in [-0.2, 0) is 4.79 Å². The van der Waals surface area contributed by atoms with E-state index in [4.69, 9.17) is 11.0 Å². The molecule has 4 fully saturated rings. The van der Waals surface area contributed by atoms with Crippen LogP contribution in [0.3, 0.4) is 0 Å². The molecule has 0 heterocycles. The Bertz CT molecular complexity index is 377. The third-order valence-electron chi connectivity index (χ3n) is 5.50. The molecule has 3 N–H and O–H groups in total. The summed E-state index contributed by atoms with van der Waals surface area (Å²) in [6, 6.07) is 1.49. The largest absolute Gasteiger partial charge is 0.342 e. The highest BCUT2D eigenvalue weighted by Crippen LogP contribution is 2.61. The summed E-state index contributed by atoms with van der Waals surface area (Å²) >= 11 is 0. The summed E-state index contributed by atoms with van der Waals surface area (Å²) in [7, 11) is 0. The molecule has 4 aliphatic carbocycles. The van der Waals surface area contributed by atoms with E-state index in [0.29, 0.717) is 5.41 Å². The monoisotopic (exact) mass is 261 g/mol. The first kappa shape index (κ1) is 12.9. The van der Waals surface area contributed by atoms with Crippen LogP contribution >= 0.6 is 0 Å². The third-order valence-corrected chi connectivity index (χ3v) is 5.50. The number of carbonyl (C=O) groups excluding carboxylic acids is 1. The van der Waals surface area contributed by atoms with Crippen LogP contribution in [-0.4, -0.2) is 18.5 Å². The van der Waals surface area contributed by atoms with E-state index in [0.717, 1.165) is 24.2 Å². The lowest BCUT2D eigenvalue weighted by atomic mass is 9.48. The molecular weight excluding hydrogens is 238 g/mol. The minimum absolute atomic E-state index is 0.0629. The van der Waals surface area contributed by atoms with Crippen molar-refractivity contribution in [2.24, 2.45) is 28.9 Å². The van der Waals surface area contributed by atoms with Crippen molar-refractivity contribution in [3.63, 3.8) is 0 Å². The van der Waals surface area contributed by atoms with E-state index in [9.17, 15) is 4.79 Å². The van der Waals surface area contributed by atoms with Crippen molar-refractivity contribution < 1.29 is 4.79 Å². The molecule has 0 radical (unpaired) electrons. The fraction of sp³-hybridized carbons (Fsp3) is 0.867. The zero-order valence-electron chi connectivity index (χ0n) is 11.4. The van der Waals surface area contributed by atoms with Crippen molar-refractivity contribution in [1.82, 2.24) is 5.32 Å². The van der Waals surface area contributed by atoms with Crippen LogP contribution in [0, 0.1) is 34.5 Å². The van der Waals surface area contributed by atoms with E-state index in [1.807, 2.05) is 6.07 Å². The smallest absolute Gasteiger partial charge is 0.237 e. The Kier molecular flexibility index (Phi) is 3.26. The first-order valence-electron chi connectivity index (χ1n) is 7.50. The third kappa shape index (κ3) is 2.49. The lowest BCUT2D eigenvalue weighted by Gasteiger charge is -2.57. The van der Waals surface area contributed by atoms with Gasteiger partial charge in [-0.1, -0.05) is 0 Å². The molecule has 4 rings (SSSR count). The molecule has 0 aromatic rings. The van der Waals surface area contributed by atoms with E-state index in [1.54, 1.807) is 0 Å². The fourth-order valence-corrected chi connectivity index (χ4v) is 5.36. The van der Waals surface area contributed by atoms with E-state index in [1.165, 1.54) is 38.5 Å². The van der Waals surface area contributed by atoms with Crippen LogP contribution in [0.15, 0.2) is 0 Å². The second-order valence-corrected chi connectivity index (χ2v) is 7.10. The van der Waals surface area contributed by atoms with Crippen LogP contribution < -0.4 is 11.1 Å². The highest BCUT2D eigenvalue weighted by molar-refractivity contribution is 5.81. The van der Waals surface area contributed by atoms with Gasteiger partial charge in [0.05, 0.1) is 12.1 Å². The van der Waals surface area contributed by atoms with Crippen molar-refractivity contribution in [3.05, 3.63) is 0 Å². The van der Waals surface area contributed by atoms with Gasteiger partial charge in [0.25, 0.3) is 0 Å². The Labute approximate surface area is 114 Å². The van der Waals surface area contributed by atoms with Crippen molar-refractivity contribution >= 4 is 5.91 Å². The predicted octanol–water partition coefficient (Wildman–Crippen LogP) is 1.56. The Morgan fingerprint density at radius 1 is 1.26 bits per heavy atom. The highest BCUT2D eigenvalue weighted by Gasteiger charge is 2.51. The molecule has 0 saturated heterocycles. The molecular formula is C15H23N3O. The number of hydrogen-bond acceptors (Lipinski definition) is 3. The standard InChI is InChI=1S/C15H23N3O/c16-1-2-18-14(19)13(17)9-15-6-10-3-11(7-15)5-12(4-10)8-15/h10-13H,2-9,17H2,(H,18,19). The molecule has 4 bridgehead atoms. The number of amides is 1. The molecule has 1 unspecified atom stereocenters. The van der Waals surface area contributed by atoms with E-state index >= 15 is 0 Å². The molecule has 0 aliphatic heterocycles. The lowest BCUT2D eigenvalue weighted by molar-refractivity contribution is -0.125. The molecule has 1 atom stereocenters. The molecule has 0 spiro atoms. The zero-order chi connectivity index (χ0) is 13.5. The van der Waals surface area contributed by atoms with E-state index in [2.05, 4.69) is 5.32 Å². The summed E-state index contributed by atoms with van der Waals surface area (Å²) < 4.78 is 0. The Morgan fingerprint density at radius 3 is 2.26 bits per heavy atom. The zero-order valence-corrected chi connectivity index (χ0v) is 11.4. The van der Waals surface area contributed by atoms with Gasteiger partial charge in [-0.2, -0.15) is 5.26 Å². The predicted molar refractivity (Wildman–Crippen MR) is 71.8 cm³/mol. The van der Waals surface area contributed by atoms with Crippen LogP contribution in [0.1, 0.15) is 44.9 Å². The minimum Gasteiger partial charge on any atom is -0.342 e. The number of nitrogens with zero attached hydrogens (tertiary/aromatic N) is 1. The van der Waals surface area contributed by atoms with Gasteiger partial charge in [0, 0.05) is 0 Å². The van der Waals surface area contributed by atoms with E-state index < -0.39 is 6.04 Å². The van der Waals surface area contributed by atoms with Gasteiger partial charge in [0.15, 0.2) is 0 Å². The van der Waals surface area contributed by atoms with Crippen LogP contribution in [0.2, 0.25) is 0 Å². The second-order valence-electron chi connectivity index (χ2n) is 7.10. The molecule has 4 nitrogen and oxygen atoms in total. The topological polar surface area (TPSA) is 78.9 Å². The van der Waals surface area contributed by atoms with Crippen LogP contribution in [0.25, 0.3) is 0 Å². The van der Waals surface area contributed by atoms with Gasteiger partial charge in [0.1, 0.15) is 6.54 Å². The molecule has 4 aliphatic rings. The van der Waals surface area contributed by atoms with Crippen LogP contribution in [0.4, 0.5) is 0 Å².